The van der Waals surface area contributed by atoms with Gasteiger partial charge in [0.05, 0.1) is 5.56 Å². The topological polar surface area (TPSA) is 24.9 Å². The molecule has 2 nitrogen and oxygen atoms in total. The lowest BCUT2D eigenvalue weighted by Gasteiger charge is -2.10. The number of aryl methyl sites for hydroxylation is 1. The minimum atomic E-state index is -4.31. The highest BCUT2D eigenvalue weighted by Crippen LogP contribution is 2.29. The Morgan fingerprint density at radius 3 is 2.63 bits per heavy atom. The number of alkyl halides is 3. The highest BCUT2D eigenvalue weighted by atomic mass is 19.4. The second-order valence-electron chi connectivity index (χ2n) is 4.27. The Balaban J connectivity index is 2.08. The second-order valence-corrected chi connectivity index (χ2v) is 4.27. The summed E-state index contributed by atoms with van der Waals surface area (Å²) in [5.74, 6) is 0.650. The van der Waals surface area contributed by atoms with Crippen molar-refractivity contribution >= 4 is 5.82 Å². The van der Waals surface area contributed by atoms with Gasteiger partial charge in [0.2, 0.25) is 0 Å². The molecule has 1 aromatic carbocycles. The van der Waals surface area contributed by atoms with Crippen molar-refractivity contribution < 1.29 is 13.2 Å². The van der Waals surface area contributed by atoms with Gasteiger partial charge < -0.3 is 5.32 Å². The number of aromatic nitrogens is 1. The molecule has 1 heterocycles. The van der Waals surface area contributed by atoms with E-state index in [-0.39, 0.29) is 0 Å². The average molecular weight is 266 g/mol. The van der Waals surface area contributed by atoms with Crippen molar-refractivity contribution in [3.63, 3.8) is 0 Å². The molecule has 0 aliphatic rings. The average Bonchev–Trinajstić information content (AvgIpc) is 2.36. The number of rotatable bonds is 3. The number of halogens is 3. The van der Waals surface area contributed by atoms with Crippen LogP contribution in [0.15, 0.2) is 42.6 Å². The van der Waals surface area contributed by atoms with Crippen LogP contribution in [-0.2, 0) is 12.7 Å². The zero-order valence-electron chi connectivity index (χ0n) is 10.3. The molecule has 0 bridgehead atoms. The van der Waals surface area contributed by atoms with E-state index in [0.29, 0.717) is 17.9 Å². The summed E-state index contributed by atoms with van der Waals surface area (Å²) in [6.45, 7) is 2.23. The van der Waals surface area contributed by atoms with E-state index in [1.54, 1.807) is 12.3 Å². The van der Waals surface area contributed by atoms with Gasteiger partial charge in [0, 0.05) is 12.7 Å². The Hall–Kier alpha value is -2.04. The molecule has 0 saturated carbocycles. The zero-order chi connectivity index (χ0) is 13.9. The van der Waals surface area contributed by atoms with Crippen LogP contribution in [-0.4, -0.2) is 4.98 Å². The first-order chi connectivity index (χ1) is 8.95. The van der Waals surface area contributed by atoms with Crippen LogP contribution in [0.25, 0.3) is 0 Å². The molecule has 100 valence electrons. The summed E-state index contributed by atoms with van der Waals surface area (Å²) in [4.78, 5) is 4.09. The molecule has 0 spiro atoms. The van der Waals surface area contributed by atoms with Crippen LogP contribution in [0.3, 0.4) is 0 Å². The van der Waals surface area contributed by atoms with E-state index in [9.17, 15) is 13.2 Å². The van der Waals surface area contributed by atoms with Crippen molar-refractivity contribution in [3.05, 3.63) is 59.3 Å². The van der Waals surface area contributed by atoms with Crippen molar-refractivity contribution in [1.82, 2.24) is 4.98 Å². The smallest absolute Gasteiger partial charge is 0.366 e. The Morgan fingerprint density at radius 2 is 1.95 bits per heavy atom. The van der Waals surface area contributed by atoms with E-state index in [1.165, 1.54) is 6.07 Å². The van der Waals surface area contributed by atoms with Gasteiger partial charge in [-0.25, -0.2) is 4.98 Å². The van der Waals surface area contributed by atoms with E-state index in [2.05, 4.69) is 10.3 Å². The first kappa shape index (κ1) is 13.4. The predicted octanol–water partition coefficient (Wildman–Crippen LogP) is 4.02. The normalized spacial score (nSPS) is 11.4. The van der Waals surface area contributed by atoms with E-state index < -0.39 is 11.7 Å². The molecular weight excluding hydrogens is 253 g/mol. The maximum absolute atomic E-state index is 12.6. The molecule has 2 rings (SSSR count). The quantitative estimate of drug-likeness (QED) is 0.907. The molecule has 0 aliphatic heterocycles. The number of pyridine rings is 1. The minimum absolute atomic E-state index is 0.306. The van der Waals surface area contributed by atoms with Gasteiger partial charge in [0.15, 0.2) is 0 Å². The van der Waals surface area contributed by atoms with E-state index in [4.69, 9.17) is 0 Å². The summed E-state index contributed by atoms with van der Waals surface area (Å²) in [6.07, 6.45) is -2.65. The number of benzene rings is 1. The lowest BCUT2D eigenvalue weighted by atomic mass is 10.1. The molecule has 0 radical (unpaired) electrons. The Bertz CT molecular complexity index is 565. The van der Waals surface area contributed by atoms with Gasteiger partial charge in [-0.1, -0.05) is 12.1 Å². The van der Waals surface area contributed by atoms with Gasteiger partial charge in [-0.05, 0) is 42.3 Å². The molecule has 1 N–H and O–H groups in total. The van der Waals surface area contributed by atoms with Crippen molar-refractivity contribution in [1.29, 1.82) is 0 Å². The van der Waals surface area contributed by atoms with Crippen LogP contribution >= 0.6 is 0 Å². The number of nitrogens with zero attached hydrogens (tertiary/aromatic N) is 1. The first-order valence-electron chi connectivity index (χ1n) is 5.78. The van der Waals surface area contributed by atoms with E-state index in [0.717, 1.165) is 17.7 Å². The second kappa shape index (κ2) is 5.30. The fourth-order valence-corrected chi connectivity index (χ4v) is 1.68. The Labute approximate surface area is 109 Å². The molecule has 0 atom stereocenters. The largest absolute Gasteiger partial charge is 0.416 e. The van der Waals surface area contributed by atoms with Gasteiger partial charge in [-0.15, -0.1) is 0 Å². The van der Waals surface area contributed by atoms with Crippen LogP contribution in [0.1, 0.15) is 16.7 Å². The number of anilines is 1. The Kier molecular flexibility index (Phi) is 3.74. The van der Waals surface area contributed by atoms with E-state index >= 15 is 0 Å². The SMILES string of the molecule is Cc1ccnc(NCc2cccc(C(F)(F)F)c2)c1. The standard InChI is InChI=1S/C14H13F3N2/c1-10-5-6-18-13(7-10)19-9-11-3-2-4-12(8-11)14(15,16)17/h2-8H,9H2,1H3,(H,18,19). The lowest BCUT2D eigenvalue weighted by molar-refractivity contribution is -0.137. The van der Waals surface area contributed by atoms with Gasteiger partial charge in [-0.3, -0.25) is 0 Å². The molecule has 0 amide bonds. The summed E-state index contributed by atoms with van der Waals surface area (Å²) >= 11 is 0. The maximum Gasteiger partial charge on any atom is 0.416 e. The molecule has 1 aromatic heterocycles. The molecule has 0 aliphatic carbocycles. The molecule has 0 saturated heterocycles. The third-order valence-corrected chi connectivity index (χ3v) is 2.64. The van der Waals surface area contributed by atoms with Crippen LogP contribution in [0.5, 0.6) is 0 Å². The van der Waals surface area contributed by atoms with Crippen molar-refractivity contribution in [2.45, 2.75) is 19.6 Å². The number of hydrogen-bond acceptors (Lipinski definition) is 2. The highest BCUT2D eigenvalue weighted by Gasteiger charge is 2.30. The van der Waals surface area contributed by atoms with Gasteiger partial charge >= 0.3 is 6.18 Å². The van der Waals surface area contributed by atoms with Gasteiger partial charge in [-0.2, -0.15) is 13.2 Å². The maximum atomic E-state index is 12.6. The fourth-order valence-electron chi connectivity index (χ4n) is 1.68. The van der Waals surface area contributed by atoms with Crippen LogP contribution in [0.2, 0.25) is 0 Å². The van der Waals surface area contributed by atoms with Gasteiger partial charge in [0.1, 0.15) is 5.82 Å². The minimum Gasteiger partial charge on any atom is -0.366 e. The molecule has 0 unspecified atom stereocenters. The summed E-state index contributed by atoms with van der Waals surface area (Å²) in [6, 6.07) is 8.96. The number of nitrogens with one attached hydrogen (secondary N) is 1. The summed E-state index contributed by atoms with van der Waals surface area (Å²) in [5.41, 5.74) is 0.976. The molecule has 5 heteroatoms. The molecule has 0 fully saturated rings. The van der Waals surface area contributed by atoms with Crippen molar-refractivity contribution in [2.75, 3.05) is 5.32 Å². The fraction of sp³-hybridized carbons (Fsp3) is 0.214. The third-order valence-electron chi connectivity index (χ3n) is 2.64. The monoisotopic (exact) mass is 266 g/mol. The van der Waals surface area contributed by atoms with Crippen molar-refractivity contribution in [3.8, 4) is 0 Å². The Morgan fingerprint density at radius 1 is 1.16 bits per heavy atom. The van der Waals surface area contributed by atoms with Crippen molar-refractivity contribution in [2.24, 2.45) is 0 Å². The third kappa shape index (κ3) is 3.71. The highest BCUT2D eigenvalue weighted by molar-refractivity contribution is 5.38. The summed E-state index contributed by atoms with van der Waals surface area (Å²) < 4.78 is 37.7. The first-order valence-corrected chi connectivity index (χ1v) is 5.78. The van der Waals surface area contributed by atoms with Crippen LogP contribution < -0.4 is 5.32 Å². The van der Waals surface area contributed by atoms with E-state index in [1.807, 2.05) is 19.1 Å². The van der Waals surface area contributed by atoms with Gasteiger partial charge in [0.25, 0.3) is 0 Å². The van der Waals surface area contributed by atoms with Crippen LogP contribution in [0.4, 0.5) is 19.0 Å². The van der Waals surface area contributed by atoms with Crippen LogP contribution in [0, 0.1) is 6.92 Å². The molecule has 2 aromatic rings. The lowest BCUT2D eigenvalue weighted by Crippen LogP contribution is -2.07. The summed E-state index contributed by atoms with van der Waals surface area (Å²) in [5, 5.41) is 3.00. The zero-order valence-corrected chi connectivity index (χ0v) is 10.3. The summed E-state index contributed by atoms with van der Waals surface area (Å²) in [7, 11) is 0. The predicted molar refractivity (Wildman–Crippen MR) is 67.7 cm³/mol. The molecular formula is C14H13F3N2. The number of hydrogen-bond donors (Lipinski definition) is 1. The molecule has 19 heavy (non-hydrogen) atoms.